The standard InChI is InChI=1S/C28H36N4O3/c33-25(12-11-23-27(34)32(28(35)29-23)17-19-7-2-1-3-8-19)31-14-6-9-20-15-21-16-22(26(20)31)18-30-13-5-4-10-24(21)30/h1-3,7-8,15,21-24,26H,4-6,9-14,16-18H2,(H,29,35)/t21?,22?,23-,24?,26?/m0/s1. The average molecular weight is 477 g/mol. The van der Waals surface area contributed by atoms with Crippen molar-refractivity contribution in [1.29, 1.82) is 0 Å². The van der Waals surface area contributed by atoms with Gasteiger partial charge in [-0.15, -0.1) is 0 Å². The number of carbonyl (C=O) groups is 3. The zero-order valence-corrected chi connectivity index (χ0v) is 20.4. The van der Waals surface area contributed by atoms with Crippen LogP contribution in [0.4, 0.5) is 4.79 Å². The normalized spacial score (nSPS) is 32.6. The molecule has 4 saturated heterocycles. The quantitative estimate of drug-likeness (QED) is 0.523. The van der Waals surface area contributed by atoms with Crippen molar-refractivity contribution >= 4 is 17.8 Å². The van der Waals surface area contributed by atoms with E-state index in [0.717, 1.165) is 31.5 Å². The molecule has 4 heterocycles. The third kappa shape index (κ3) is 4.28. The Bertz CT molecular complexity index is 1020. The number of nitrogens with zero attached hydrogens (tertiary/aromatic N) is 3. The Morgan fingerprint density at radius 2 is 1.91 bits per heavy atom. The van der Waals surface area contributed by atoms with Gasteiger partial charge in [-0.05, 0) is 62.5 Å². The summed E-state index contributed by atoms with van der Waals surface area (Å²) >= 11 is 0. The van der Waals surface area contributed by atoms with E-state index in [0.29, 0.717) is 30.7 Å². The maximum absolute atomic E-state index is 13.5. The lowest BCUT2D eigenvalue weighted by Crippen LogP contribution is -2.60. The smallest absolute Gasteiger partial charge is 0.325 e. The van der Waals surface area contributed by atoms with Crippen molar-refractivity contribution in [2.75, 3.05) is 19.6 Å². The molecule has 4 amide bonds. The van der Waals surface area contributed by atoms with Crippen molar-refractivity contribution in [1.82, 2.24) is 20.0 Å². The van der Waals surface area contributed by atoms with E-state index in [1.807, 2.05) is 30.3 Å². The average Bonchev–Trinajstić information content (AvgIpc) is 3.15. The zero-order chi connectivity index (χ0) is 23.9. The zero-order valence-electron chi connectivity index (χ0n) is 20.4. The minimum absolute atomic E-state index is 0.128. The van der Waals surface area contributed by atoms with Crippen LogP contribution in [-0.4, -0.2) is 70.3 Å². The monoisotopic (exact) mass is 476 g/mol. The SMILES string of the molecule is O=C1N[C@@H](CCC(=O)N2CCCC3=CC4CC(CN5CCCCC45)C32)C(=O)N1Cc1ccccc1. The van der Waals surface area contributed by atoms with Crippen molar-refractivity contribution in [3.05, 3.63) is 47.5 Å². The second-order valence-electron chi connectivity index (χ2n) is 11.0. The van der Waals surface area contributed by atoms with Crippen LogP contribution in [0.5, 0.6) is 0 Å². The second-order valence-corrected chi connectivity index (χ2v) is 11.0. The van der Waals surface area contributed by atoms with Crippen molar-refractivity contribution in [2.24, 2.45) is 11.8 Å². The largest absolute Gasteiger partial charge is 0.336 e. The van der Waals surface area contributed by atoms with Crippen LogP contribution in [0.3, 0.4) is 0 Å². The highest BCUT2D eigenvalue weighted by molar-refractivity contribution is 6.04. The molecule has 0 radical (unpaired) electrons. The molecule has 1 N–H and O–H groups in total. The Kier molecular flexibility index (Phi) is 6.13. The molecule has 0 aromatic heterocycles. The number of hydrogen-bond donors (Lipinski definition) is 1. The molecule has 1 aromatic rings. The predicted octanol–water partition coefficient (Wildman–Crippen LogP) is 3.31. The number of fused-ring (bicyclic) bond motifs is 6. The van der Waals surface area contributed by atoms with Crippen molar-refractivity contribution in [3.8, 4) is 0 Å². The Morgan fingerprint density at radius 1 is 1.06 bits per heavy atom. The molecule has 7 heteroatoms. The first-order chi connectivity index (χ1) is 17.1. The highest BCUT2D eigenvalue weighted by atomic mass is 16.2. The first-order valence-electron chi connectivity index (χ1n) is 13.5. The van der Waals surface area contributed by atoms with Gasteiger partial charge in [-0.3, -0.25) is 19.4 Å². The summed E-state index contributed by atoms with van der Waals surface area (Å²) < 4.78 is 0. The third-order valence-corrected chi connectivity index (χ3v) is 8.91. The van der Waals surface area contributed by atoms with Gasteiger partial charge >= 0.3 is 6.03 Å². The van der Waals surface area contributed by atoms with E-state index in [9.17, 15) is 14.4 Å². The lowest BCUT2D eigenvalue weighted by Gasteiger charge is -2.54. The Morgan fingerprint density at radius 3 is 2.77 bits per heavy atom. The summed E-state index contributed by atoms with van der Waals surface area (Å²) in [7, 11) is 0. The maximum Gasteiger partial charge on any atom is 0.325 e. The molecule has 1 aliphatic carbocycles. The number of piperidine rings is 3. The number of urea groups is 1. The molecule has 4 unspecified atom stereocenters. The van der Waals surface area contributed by atoms with Gasteiger partial charge in [-0.1, -0.05) is 48.4 Å². The van der Waals surface area contributed by atoms with Crippen molar-refractivity contribution < 1.29 is 14.4 Å². The molecule has 0 saturated carbocycles. The van der Waals surface area contributed by atoms with Crippen LogP contribution in [0.2, 0.25) is 0 Å². The maximum atomic E-state index is 13.5. The number of benzene rings is 1. The molecule has 1 aromatic carbocycles. The van der Waals surface area contributed by atoms with E-state index in [1.54, 1.807) is 0 Å². The topological polar surface area (TPSA) is 73.0 Å². The molecule has 186 valence electrons. The van der Waals surface area contributed by atoms with Gasteiger partial charge in [0, 0.05) is 25.6 Å². The molecular weight excluding hydrogens is 440 g/mol. The number of rotatable bonds is 5. The summed E-state index contributed by atoms with van der Waals surface area (Å²) in [5.41, 5.74) is 2.40. The minimum atomic E-state index is -0.616. The molecule has 0 spiro atoms. The first kappa shape index (κ1) is 22.8. The van der Waals surface area contributed by atoms with E-state index in [2.05, 4.69) is 21.2 Å². The van der Waals surface area contributed by atoms with Crippen LogP contribution in [0.25, 0.3) is 0 Å². The van der Waals surface area contributed by atoms with E-state index in [4.69, 9.17) is 0 Å². The summed E-state index contributed by atoms with van der Waals surface area (Å²) in [5, 5.41) is 2.80. The summed E-state index contributed by atoms with van der Waals surface area (Å²) in [5.74, 6) is 1.07. The van der Waals surface area contributed by atoms with Gasteiger partial charge in [-0.25, -0.2) is 4.79 Å². The number of imide groups is 1. The van der Waals surface area contributed by atoms with Crippen LogP contribution in [0, 0.1) is 11.8 Å². The fourth-order valence-corrected chi connectivity index (χ4v) is 7.35. The van der Waals surface area contributed by atoms with Crippen LogP contribution >= 0.6 is 0 Å². The molecule has 6 rings (SSSR count). The van der Waals surface area contributed by atoms with Crippen LogP contribution in [0.1, 0.15) is 56.9 Å². The summed E-state index contributed by atoms with van der Waals surface area (Å²) in [6, 6.07) is 9.47. The van der Waals surface area contributed by atoms with Gasteiger partial charge < -0.3 is 10.2 Å². The van der Waals surface area contributed by atoms with Crippen molar-refractivity contribution in [3.63, 3.8) is 0 Å². The van der Waals surface area contributed by atoms with Crippen LogP contribution < -0.4 is 5.32 Å². The van der Waals surface area contributed by atoms with Gasteiger partial charge in [0.15, 0.2) is 0 Å². The molecule has 5 aliphatic rings. The molecular formula is C28H36N4O3. The van der Waals surface area contributed by atoms with E-state index >= 15 is 0 Å². The fourth-order valence-electron chi connectivity index (χ4n) is 7.35. The summed E-state index contributed by atoms with van der Waals surface area (Å²) in [4.78, 5) is 44.9. The predicted molar refractivity (Wildman–Crippen MR) is 132 cm³/mol. The molecule has 2 bridgehead atoms. The highest BCUT2D eigenvalue weighted by Gasteiger charge is 2.47. The van der Waals surface area contributed by atoms with E-state index < -0.39 is 6.04 Å². The van der Waals surface area contributed by atoms with E-state index in [1.165, 1.54) is 42.7 Å². The third-order valence-electron chi connectivity index (χ3n) is 8.91. The van der Waals surface area contributed by atoms with Gasteiger partial charge in [-0.2, -0.15) is 0 Å². The van der Waals surface area contributed by atoms with Crippen molar-refractivity contribution in [2.45, 2.75) is 76.0 Å². The fraction of sp³-hybridized carbons (Fsp3) is 0.607. The molecule has 5 atom stereocenters. The molecule has 4 fully saturated rings. The number of carbonyl (C=O) groups excluding carboxylic acids is 3. The number of nitrogens with one attached hydrogen (secondary N) is 1. The highest BCUT2D eigenvalue weighted by Crippen LogP contribution is 2.45. The Labute approximate surface area is 207 Å². The molecule has 35 heavy (non-hydrogen) atoms. The summed E-state index contributed by atoms with van der Waals surface area (Å²) in [6.07, 6.45) is 10.5. The van der Waals surface area contributed by atoms with Gasteiger partial charge in [0.1, 0.15) is 6.04 Å². The molecule has 7 nitrogen and oxygen atoms in total. The van der Waals surface area contributed by atoms with Gasteiger partial charge in [0.2, 0.25) is 5.91 Å². The first-order valence-corrected chi connectivity index (χ1v) is 13.5. The van der Waals surface area contributed by atoms with Gasteiger partial charge in [0.25, 0.3) is 5.91 Å². The Hall–Kier alpha value is -2.67. The minimum Gasteiger partial charge on any atom is -0.336 e. The van der Waals surface area contributed by atoms with Crippen LogP contribution in [-0.2, 0) is 16.1 Å². The number of likely N-dealkylation sites (tertiary alicyclic amines) is 1. The van der Waals surface area contributed by atoms with Crippen LogP contribution in [0.15, 0.2) is 42.0 Å². The number of hydrogen-bond acceptors (Lipinski definition) is 4. The lowest BCUT2D eigenvalue weighted by molar-refractivity contribution is -0.136. The van der Waals surface area contributed by atoms with E-state index in [-0.39, 0.29) is 30.4 Å². The molecule has 4 aliphatic heterocycles. The second kappa shape index (κ2) is 9.41. The number of amides is 4. The lowest BCUT2D eigenvalue weighted by atomic mass is 9.68. The Balaban J connectivity index is 1.10. The summed E-state index contributed by atoms with van der Waals surface area (Å²) in [6.45, 7) is 3.37. The van der Waals surface area contributed by atoms with Gasteiger partial charge in [0.05, 0.1) is 12.6 Å².